The van der Waals surface area contributed by atoms with Crippen LogP contribution in [0.25, 0.3) is 0 Å². The Hall–Kier alpha value is -1.72. The van der Waals surface area contributed by atoms with Crippen molar-refractivity contribution in [1.82, 2.24) is 0 Å². The van der Waals surface area contributed by atoms with E-state index in [1.54, 1.807) is 26.0 Å². The molecule has 0 amide bonds. The number of ketones is 1. The van der Waals surface area contributed by atoms with Crippen LogP contribution in [0, 0.1) is 5.92 Å². The number of carbonyl (C=O) groups is 2. The van der Waals surface area contributed by atoms with Crippen molar-refractivity contribution in [1.29, 1.82) is 0 Å². The number of fused-ring (bicyclic) bond motifs is 3. The number of phenols is 1. The van der Waals surface area contributed by atoms with Crippen LogP contribution >= 0.6 is 0 Å². The van der Waals surface area contributed by atoms with Crippen LogP contribution in [0.1, 0.15) is 43.1 Å². The number of phenolic OH excluding ortho intramolecular Hbond substituents is 1. The zero-order chi connectivity index (χ0) is 15.4. The Balaban J connectivity index is 2.21. The van der Waals surface area contributed by atoms with Gasteiger partial charge in [-0.15, -0.1) is 0 Å². The lowest BCUT2D eigenvalue weighted by molar-refractivity contribution is -0.349. The summed E-state index contributed by atoms with van der Waals surface area (Å²) in [4.78, 5) is 23.7. The largest absolute Gasteiger partial charge is 0.507 e. The summed E-state index contributed by atoms with van der Waals surface area (Å²) in [5.74, 6) is -1.58. The molecular weight excluding hydrogens is 272 g/mol. The minimum Gasteiger partial charge on any atom is -0.507 e. The van der Waals surface area contributed by atoms with Crippen molar-refractivity contribution in [2.45, 2.75) is 44.7 Å². The molecule has 0 saturated carbocycles. The monoisotopic (exact) mass is 290 g/mol. The van der Waals surface area contributed by atoms with Gasteiger partial charge in [-0.2, -0.15) is 0 Å². The van der Waals surface area contributed by atoms with Gasteiger partial charge in [-0.3, -0.25) is 4.79 Å². The van der Waals surface area contributed by atoms with Crippen molar-refractivity contribution in [2.24, 2.45) is 5.92 Å². The highest BCUT2D eigenvalue weighted by Gasteiger charge is 2.55. The molecule has 1 aliphatic heterocycles. The van der Waals surface area contributed by atoms with Gasteiger partial charge in [0.25, 0.3) is 0 Å². The molecule has 0 aromatic heterocycles. The lowest BCUT2D eigenvalue weighted by Gasteiger charge is -2.53. The molecule has 5 heteroatoms. The number of aldehydes is 1. The van der Waals surface area contributed by atoms with E-state index < -0.39 is 23.4 Å². The van der Waals surface area contributed by atoms with Gasteiger partial charge in [-0.25, -0.2) is 0 Å². The SMILES string of the molecule is CC1(C)O[C@@H](C=O)[C@@H]2CC(=O)c3c(O)cccc3[C@]2(C)O1. The Kier molecular flexibility index (Phi) is 2.97. The summed E-state index contributed by atoms with van der Waals surface area (Å²) < 4.78 is 11.7. The molecule has 21 heavy (non-hydrogen) atoms. The van der Waals surface area contributed by atoms with Crippen LogP contribution in [-0.4, -0.2) is 29.1 Å². The van der Waals surface area contributed by atoms with Crippen molar-refractivity contribution < 1.29 is 24.2 Å². The highest BCUT2D eigenvalue weighted by molar-refractivity contribution is 6.02. The van der Waals surface area contributed by atoms with E-state index >= 15 is 0 Å². The van der Waals surface area contributed by atoms with E-state index in [9.17, 15) is 14.7 Å². The van der Waals surface area contributed by atoms with E-state index in [1.807, 2.05) is 6.92 Å². The number of Topliss-reactive ketones (excluding diaryl/α,β-unsaturated/α-hetero) is 1. The van der Waals surface area contributed by atoms with Crippen LogP contribution in [-0.2, 0) is 19.9 Å². The molecule has 112 valence electrons. The fourth-order valence-corrected chi connectivity index (χ4v) is 3.57. The lowest BCUT2D eigenvalue weighted by Crippen LogP contribution is -2.58. The molecule has 3 rings (SSSR count). The van der Waals surface area contributed by atoms with E-state index in [-0.39, 0.29) is 18.0 Å². The van der Waals surface area contributed by atoms with Crippen LogP contribution in [0.3, 0.4) is 0 Å². The Bertz CT molecular complexity index is 621. The highest BCUT2D eigenvalue weighted by Crippen LogP contribution is 2.51. The molecule has 0 spiro atoms. The van der Waals surface area contributed by atoms with Crippen LogP contribution in [0.2, 0.25) is 0 Å². The minimum atomic E-state index is -0.944. The van der Waals surface area contributed by atoms with Crippen LogP contribution in [0.5, 0.6) is 5.75 Å². The first kappa shape index (κ1) is 14.2. The number of carbonyl (C=O) groups excluding carboxylic acids is 2. The lowest BCUT2D eigenvalue weighted by atomic mass is 9.68. The van der Waals surface area contributed by atoms with Gasteiger partial charge in [0.15, 0.2) is 11.6 Å². The molecule has 1 fully saturated rings. The topological polar surface area (TPSA) is 72.8 Å². The Labute approximate surface area is 122 Å². The maximum atomic E-state index is 12.3. The first-order chi connectivity index (χ1) is 9.78. The summed E-state index contributed by atoms with van der Waals surface area (Å²) in [6.07, 6.45) is 0.132. The average molecular weight is 290 g/mol. The van der Waals surface area contributed by atoms with Gasteiger partial charge in [0.05, 0.1) is 5.56 Å². The van der Waals surface area contributed by atoms with Gasteiger partial charge in [-0.1, -0.05) is 12.1 Å². The molecule has 1 N–H and O–H groups in total. The Morgan fingerprint density at radius 2 is 2.05 bits per heavy atom. The second-order valence-corrected chi connectivity index (χ2v) is 6.26. The van der Waals surface area contributed by atoms with Gasteiger partial charge in [-0.05, 0) is 32.4 Å². The molecule has 0 bridgehead atoms. The molecule has 2 aliphatic rings. The molecule has 0 radical (unpaired) electrons. The highest BCUT2D eigenvalue weighted by atomic mass is 16.7. The maximum Gasteiger partial charge on any atom is 0.167 e. The smallest absolute Gasteiger partial charge is 0.167 e. The first-order valence-corrected chi connectivity index (χ1v) is 6.97. The summed E-state index contributed by atoms with van der Waals surface area (Å²) in [7, 11) is 0. The number of ether oxygens (including phenoxy) is 2. The summed E-state index contributed by atoms with van der Waals surface area (Å²) in [5.41, 5.74) is 0.0561. The predicted molar refractivity (Wildman–Crippen MR) is 74.0 cm³/mol. The molecular formula is C16H18O5. The van der Waals surface area contributed by atoms with Gasteiger partial charge in [0, 0.05) is 12.3 Å². The minimum absolute atomic E-state index is 0.0484. The Morgan fingerprint density at radius 1 is 1.33 bits per heavy atom. The molecule has 1 aliphatic carbocycles. The number of hydrogen-bond acceptors (Lipinski definition) is 5. The number of aromatic hydroxyl groups is 1. The number of rotatable bonds is 1. The van der Waals surface area contributed by atoms with E-state index in [1.165, 1.54) is 6.07 Å². The van der Waals surface area contributed by atoms with Gasteiger partial charge in [0.2, 0.25) is 0 Å². The molecule has 3 atom stereocenters. The van der Waals surface area contributed by atoms with Gasteiger partial charge < -0.3 is 19.4 Å². The fraction of sp³-hybridized carbons (Fsp3) is 0.500. The summed E-state index contributed by atoms with van der Waals surface area (Å²) in [5, 5.41) is 10.0. The molecule has 1 aromatic rings. The molecule has 0 unspecified atom stereocenters. The molecule has 1 saturated heterocycles. The third kappa shape index (κ3) is 2.00. The van der Waals surface area contributed by atoms with Crippen molar-refractivity contribution in [3.63, 3.8) is 0 Å². The number of benzene rings is 1. The van der Waals surface area contributed by atoms with E-state index in [0.717, 1.165) is 6.29 Å². The zero-order valence-corrected chi connectivity index (χ0v) is 12.3. The molecule has 5 nitrogen and oxygen atoms in total. The summed E-state index contributed by atoms with van der Waals surface area (Å²) in [6.45, 7) is 5.33. The third-order valence-electron chi connectivity index (χ3n) is 4.38. The van der Waals surface area contributed by atoms with E-state index in [2.05, 4.69) is 0 Å². The van der Waals surface area contributed by atoms with E-state index in [4.69, 9.17) is 9.47 Å². The Morgan fingerprint density at radius 3 is 2.71 bits per heavy atom. The van der Waals surface area contributed by atoms with Crippen LogP contribution in [0.4, 0.5) is 0 Å². The van der Waals surface area contributed by atoms with E-state index in [0.29, 0.717) is 11.1 Å². The van der Waals surface area contributed by atoms with Crippen molar-refractivity contribution >= 4 is 12.1 Å². The van der Waals surface area contributed by atoms with Crippen molar-refractivity contribution in [3.8, 4) is 5.75 Å². The van der Waals surface area contributed by atoms with Crippen molar-refractivity contribution in [3.05, 3.63) is 29.3 Å². The molecule has 1 aromatic carbocycles. The predicted octanol–water partition coefficient (Wildman–Crippen LogP) is 2.16. The van der Waals surface area contributed by atoms with Crippen LogP contribution < -0.4 is 0 Å². The maximum absolute atomic E-state index is 12.3. The molecule has 1 heterocycles. The average Bonchev–Trinajstić information content (AvgIpc) is 2.39. The summed E-state index contributed by atoms with van der Waals surface area (Å²) in [6, 6.07) is 4.93. The van der Waals surface area contributed by atoms with Gasteiger partial charge >= 0.3 is 0 Å². The fourth-order valence-electron chi connectivity index (χ4n) is 3.57. The normalized spacial score (nSPS) is 34.0. The third-order valence-corrected chi connectivity index (χ3v) is 4.38. The zero-order valence-electron chi connectivity index (χ0n) is 12.3. The first-order valence-electron chi connectivity index (χ1n) is 6.97. The second kappa shape index (κ2) is 4.39. The quantitative estimate of drug-likeness (QED) is 0.802. The second-order valence-electron chi connectivity index (χ2n) is 6.26. The van der Waals surface area contributed by atoms with Crippen molar-refractivity contribution in [2.75, 3.05) is 0 Å². The number of hydrogen-bond donors (Lipinski definition) is 1. The van der Waals surface area contributed by atoms with Crippen LogP contribution in [0.15, 0.2) is 18.2 Å². The standard InChI is InChI=1S/C16H18O5/c1-15(2)20-13(8-17)10-7-12(19)14-9(16(10,3)21-15)5-4-6-11(14)18/h4-6,8,10,13,18H,7H2,1-3H3/t10-,13-,16-/m0/s1. The summed E-state index contributed by atoms with van der Waals surface area (Å²) >= 11 is 0. The van der Waals surface area contributed by atoms with Gasteiger partial charge in [0.1, 0.15) is 23.7 Å².